The first-order chi connectivity index (χ1) is 16.0. The Kier molecular flexibility index (Phi) is 5.48. The first kappa shape index (κ1) is 21.0. The fourth-order valence-electron chi connectivity index (χ4n) is 4.19. The molecule has 0 spiro atoms. The van der Waals surface area contributed by atoms with E-state index in [2.05, 4.69) is 37.4 Å². The van der Waals surface area contributed by atoms with Gasteiger partial charge in [-0.2, -0.15) is 0 Å². The van der Waals surface area contributed by atoms with E-state index in [4.69, 9.17) is 9.97 Å². The Morgan fingerprint density at radius 3 is 2.42 bits per heavy atom. The van der Waals surface area contributed by atoms with E-state index in [1.165, 1.54) is 22.5 Å². The third-order valence-corrected chi connectivity index (χ3v) is 6.55. The Bertz CT molecular complexity index is 1490. The second kappa shape index (κ2) is 8.60. The van der Waals surface area contributed by atoms with Crippen molar-refractivity contribution in [3.05, 3.63) is 100 Å². The summed E-state index contributed by atoms with van der Waals surface area (Å²) in [6.07, 6.45) is 0. The maximum atomic E-state index is 13.5. The molecule has 1 N–H and O–H groups in total. The maximum Gasteiger partial charge on any atom is 0.258 e. The molecule has 5 heteroatoms. The SMILES string of the molecule is Cc1ccc(-c2csc(NC(=O)c3c(C)c(-c4ccccc4)nc4ccccc34)n2)c(C)c1. The number of para-hydroxylation sites is 1. The third kappa shape index (κ3) is 4.03. The van der Waals surface area contributed by atoms with E-state index in [9.17, 15) is 4.79 Å². The molecule has 0 saturated heterocycles. The van der Waals surface area contributed by atoms with Gasteiger partial charge >= 0.3 is 0 Å². The van der Waals surface area contributed by atoms with Gasteiger partial charge in [0, 0.05) is 21.9 Å². The number of hydrogen-bond acceptors (Lipinski definition) is 4. The van der Waals surface area contributed by atoms with Crippen molar-refractivity contribution in [2.75, 3.05) is 5.32 Å². The van der Waals surface area contributed by atoms with Gasteiger partial charge in [0.25, 0.3) is 5.91 Å². The Labute approximate surface area is 197 Å². The summed E-state index contributed by atoms with van der Waals surface area (Å²) in [6.45, 7) is 6.12. The van der Waals surface area contributed by atoms with Crippen molar-refractivity contribution in [1.82, 2.24) is 9.97 Å². The molecule has 0 aliphatic rings. The number of carbonyl (C=O) groups excluding carboxylic acids is 1. The topological polar surface area (TPSA) is 54.9 Å². The summed E-state index contributed by atoms with van der Waals surface area (Å²) in [7, 11) is 0. The van der Waals surface area contributed by atoms with Gasteiger partial charge < -0.3 is 0 Å². The second-order valence-electron chi connectivity index (χ2n) is 8.15. The van der Waals surface area contributed by atoms with E-state index in [1.54, 1.807) is 0 Å². The van der Waals surface area contributed by atoms with E-state index in [1.807, 2.05) is 66.9 Å². The lowest BCUT2D eigenvalue weighted by Gasteiger charge is -2.14. The van der Waals surface area contributed by atoms with E-state index < -0.39 is 0 Å². The van der Waals surface area contributed by atoms with Crippen molar-refractivity contribution >= 4 is 33.3 Å². The fourth-order valence-corrected chi connectivity index (χ4v) is 4.90. The van der Waals surface area contributed by atoms with E-state index in [-0.39, 0.29) is 5.91 Å². The number of amides is 1. The van der Waals surface area contributed by atoms with Crippen LogP contribution in [-0.4, -0.2) is 15.9 Å². The van der Waals surface area contributed by atoms with Gasteiger partial charge in [-0.05, 0) is 38.0 Å². The molecule has 0 unspecified atom stereocenters. The molecular weight excluding hydrogens is 426 g/mol. The van der Waals surface area contributed by atoms with E-state index in [0.717, 1.165) is 39.0 Å². The quantitative estimate of drug-likeness (QED) is 0.315. The van der Waals surface area contributed by atoms with Crippen LogP contribution in [0.5, 0.6) is 0 Å². The van der Waals surface area contributed by atoms with E-state index >= 15 is 0 Å². The van der Waals surface area contributed by atoms with Gasteiger partial charge in [-0.15, -0.1) is 11.3 Å². The summed E-state index contributed by atoms with van der Waals surface area (Å²) in [5.74, 6) is -0.176. The number of anilines is 1. The third-order valence-electron chi connectivity index (χ3n) is 5.79. The zero-order valence-corrected chi connectivity index (χ0v) is 19.5. The van der Waals surface area contributed by atoms with E-state index in [0.29, 0.717) is 10.7 Å². The molecule has 2 heterocycles. The number of aryl methyl sites for hydroxylation is 2. The first-order valence-electron chi connectivity index (χ1n) is 10.8. The highest BCUT2D eigenvalue weighted by Crippen LogP contribution is 2.32. The van der Waals surface area contributed by atoms with Gasteiger partial charge in [0.1, 0.15) is 0 Å². The van der Waals surface area contributed by atoms with Crippen LogP contribution in [-0.2, 0) is 0 Å². The summed E-state index contributed by atoms with van der Waals surface area (Å²) in [6, 6.07) is 24.0. The minimum absolute atomic E-state index is 0.176. The molecule has 2 aromatic heterocycles. The predicted molar refractivity (Wildman–Crippen MR) is 137 cm³/mol. The van der Waals surface area contributed by atoms with Gasteiger partial charge in [-0.1, -0.05) is 72.3 Å². The number of benzene rings is 3. The molecule has 0 atom stereocenters. The minimum atomic E-state index is -0.176. The Hall–Kier alpha value is -3.83. The van der Waals surface area contributed by atoms with Gasteiger partial charge in [0.15, 0.2) is 5.13 Å². The van der Waals surface area contributed by atoms with Crippen LogP contribution in [0.15, 0.2) is 78.2 Å². The molecule has 1 amide bonds. The first-order valence-corrected chi connectivity index (χ1v) is 11.7. The van der Waals surface area contributed by atoms with Crippen molar-refractivity contribution < 1.29 is 4.79 Å². The van der Waals surface area contributed by atoms with Crippen LogP contribution >= 0.6 is 11.3 Å². The van der Waals surface area contributed by atoms with Crippen molar-refractivity contribution in [3.63, 3.8) is 0 Å². The standard InChI is InChI=1S/C28H23N3OS/c1-17-13-14-21(18(2)15-17)24-16-33-28(30-24)31-27(32)25-19(3)26(20-9-5-4-6-10-20)29-23-12-8-7-11-22(23)25/h4-16H,1-3H3,(H,30,31,32). The molecule has 4 nitrogen and oxygen atoms in total. The van der Waals surface area contributed by atoms with Crippen LogP contribution in [0.2, 0.25) is 0 Å². The number of nitrogens with zero attached hydrogens (tertiary/aromatic N) is 2. The van der Waals surface area contributed by atoms with Gasteiger partial charge in [0.2, 0.25) is 0 Å². The normalized spacial score (nSPS) is 11.0. The lowest BCUT2D eigenvalue weighted by molar-refractivity contribution is 0.102. The van der Waals surface area contributed by atoms with Gasteiger partial charge in [-0.25, -0.2) is 9.97 Å². The van der Waals surface area contributed by atoms with Crippen LogP contribution in [0.1, 0.15) is 27.0 Å². The fraction of sp³-hybridized carbons (Fsp3) is 0.107. The minimum Gasteiger partial charge on any atom is -0.298 e. The Balaban J connectivity index is 1.54. The van der Waals surface area contributed by atoms with Crippen LogP contribution < -0.4 is 5.32 Å². The Morgan fingerprint density at radius 1 is 0.879 bits per heavy atom. The summed E-state index contributed by atoms with van der Waals surface area (Å²) in [5.41, 5.74) is 8.41. The summed E-state index contributed by atoms with van der Waals surface area (Å²) in [4.78, 5) is 23.1. The number of pyridine rings is 1. The molecule has 33 heavy (non-hydrogen) atoms. The molecule has 0 aliphatic carbocycles. The molecule has 0 aliphatic heterocycles. The zero-order valence-electron chi connectivity index (χ0n) is 18.7. The van der Waals surface area contributed by atoms with Crippen LogP contribution in [0, 0.1) is 20.8 Å². The van der Waals surface area contributed by atoms with Crippen LogP contribution in [0.4, 0.5) is 5.13 Å². The number of hydrogen-bond donors (Lipinski definition) is 1. The molecule has 5 aromatic rings. The van der Waals surface area contributed by atoms with Crippen LogP contribution in [0.3, 0.4) is 0 Å². The zero-order chi connectivity index (χ0) is 22.9. The summed E-state index contributed by atoms with van der Waals surface area (Å²) < 4.78 is 0. The van der Waals surface area contributed by atoms with Crippen molar-refractivity contribution in [1.29, 1.82) is 0 Å². The lowest BCUT2D eigenvalue weighted by atomic mass is 9.97. The average Bonchev–Trinajstić information content (AvgIpc) is 3.27. The number of fused-ring (bicyclic) bond motifs is 1. The van der Waals surface area contributed by atoms with Crippen molar-refractivity contribution in [2.24, 2.45) is 0 Å². The largest absolute Gasteiger partial charge is 0.298 e. The van der Waals surface area contributed by atoms with Crippen LogP contribution in [0.25, 0.3) is 33.4 Å². The molecule has 0 radical (unpaired) electrons. The predicted octanol–water partition coefficient (Wildman–Crippen LogP) is 7.20. The number of rotatable bonds is 4. The average molecular weight is 450 g/mol. The molecule has 0 saturated carbocycles. The van der Waals surface area contributed by atoms with Crippen molar-refractivity contribution in [2.45, 2.75) is 20.8 Å². The summed E-state index contributed by atoms with van der Waals surface area (Å²) in [5, 5.41) is 6.43. The van der Waals surface area contributed by atoms with Gasteiger partial charge in [0.05, 0.1) is 22.5 Å². The highest BCUT2D eigenvalue weighted by atomic mass is 32.1. The molecule has 0 bridgehead atoms. The molecule has 5 rings (SSSR count). The smallest absolute Gasteiger partial charge is 0.258 e. The molecule has 3 aromatic carbocycles. The monoisotopic (exact) mass is 449 g/mol. The molecule has 162 valence electrons. The lowest BCUT2D eigenvalue weighted by Crippen LogP contribution is -2.15. The maximum absolute atomic E-state index is 13.5. The number of aromatic nitrogens is 2. The molecular formula is C28H23N3OS. The highest BCUT2D eigenvalue weighted by molar-refractivity contribution is 7.14. The number of nitrogens with one attached hydrogen (secondary N) is 1. The second-order valence-corrected chi connectivity index (χ2v) is 9.01. The van der Waals surface area contributed by atoms with Crippen molar-refractivity contribution in [3.8, 4) is 22.5 Å². The number of thiazole rings is 1. The summed E-state index contributed by atoms with van der Waals surface area (Å²) >= 11 is 1.43. The molecule has 0 fully saturated rings. The van der Waals surface area contributed by atoms with Gasteiger partial charge in [-0.3, -0.25) is 10.1 Å². The Morgan fingerprint density at radius 2 is 1.64 bits per heavy atom. The number of carbonyl (C=O) groups is 1. The highest BCUT2D eigenvalue weighted by Gasteiger charge is 2.20.